The van der Waals surface area contributed by atoms with Crippen molar-refractivity contribution in [2.45, 2.75) is 33.6 Å². The van der Waals surface area contributed by atoms with Crippen LogP contribution in [0.4, 0.5) is 0 Å². The van der Waals surface area contributed by atoms with Crippen LogP contribution in [-0.4, -0.2) is 0 Å². The lowest BCUT2D eigenvalue weighted by Crippen LogP contribution is -2.21. The lowest BCUT2D eigenvalue weighted by atomic mass is 9.76. The fourth-order valence-corrected chi connectivity index (χ4v) is 2.32. The van der Waals surface area contributed by atoms with E-state index in [1.807, 2.05) is 0 Å². The minimum Gasteiger partial charge on any atom is -0.0619 e. The minimum absolute atomic E-state index is 0.855. The molecule has 0 bridgehead atoms. The fourth-order valence-electron chi connectivity index (χ4n) is 2.32. The molecule has 2 atom stereocenters. The summed E-state index contributed by atoms with van der Waals surface area (Å²) in [6.45, 7) is 6.98. The number of benzene rings is 1. The van der Waals surface area contributed by atoms with Crippen molar-refractivity contribution in [2.24, 2.45) is 11.8 Å². The molecule has 1 unspecified atom stereocenters. The number of hydrogen-bond acceptors (Lipinski definition) is 0. The summed E-state index contributed by atoms with van der Waals surface area (Å²) in [5.41, 5.74) is 4.69. The Morgan fingerprint density at radius 3 is 2.54 bits per heavy atom. The van der Waals surface area contributed by atoms with Crippen molar-refractivity contribution in [2.75, 3.05) is 0 Å². The van der Waals surface area contributed by atoms with Crippen LogP contribution in [0.3, 0.4) is 0 Å². The number of rotatable bonds is 0. The first-order valence-corrected chi connectivity index (χ1v) is 5.26. The largest absolute Gasteiger partial charge is 0.0619 e. The zero-order valence-corrected chi connectivity index (χ0v) is 8.80. The monoisotopic (exact) mass is 174 g/mol. The van der Waals surface area contributed by atoms with Gasteiger partial charge in [0.2, 0.25) is 0 Å². The van der Waals surface area contributed by atoms with Crippen molar-refractivity contribution in [3.63, 3.8) is 0 Å². The van der Waals surface area contributed by atoms with Gasteiger partial charge < -0.3 is 0 Å². The van der Waals surface area contributed by atoms with Gasteiger partial charge in [-0.05, 0) is 48.3 Å². The Labute approximate surface area is 81.0 Å². The Bertz CT molecular complexity index is 312. The molecule has 0 N–H and O–H groups in total. The Morgan fingerprint density at radius 1 is 1.08 bits per heavy atom. The van der Waals surface area contributed by atoms with Gasteiger partial charge in [-0.15, -0.1) is 0 Å². The summed E-state index contributed by atoms with van der Waals surface area (Å²) < 4.78 is 0. The van der Waals surface area contributed by atoms with Gasteiger partial charge in [0.15, 0.2) is 0 Å². The third kappa shape index (κ3) is 1.50. The maximum atomic E-state index is 2.38. The highest BCUT2D eigenvalue weighted by atomic mass is 14.3. The first-order valence-electron chi connectivity index (χ1n) is 5.26. The van der Waals surface area contributed by atoms with E-state index in [1.165, 1.54) is 18.4 Å². The zero-order chi connectivity index (χ0) is 9.42. The summed E-state index contributed by atoms with van der Waals surface area (Å²) in [5.74, 6) is 1.71. The summed E-state index contributed by atoms with van der Waals surface area (Å²) in [4.78, 5) is 0. The standard InChI is InChI=1S/C13H18/c1-9-5-4-6-12-7-10(2)11(3)8-13(9)12/h4-6,10-11H,7-8H2,1-3H3/t10-,11?/m1/s1. The molecule has 0 radical (unpaired) electrons. The average Bonchev–Trinajstić information content (AvgIpc) is 2.09. The molecule has 1 aliphatic rings. The van der Waals surface area contributed by atoms with Crippen LogP contribution in [0, 0.1) is 18.8 Å². The highest BCUT2D eigenvalue weighted by Gasteiger charge is 2.22. The van der Waals surface area contributed by atoms with Gasteiger partial charge in [-0.2, -0.15) is 0 Å². The molecule has 0 nitrogen and oxygen atoms in total. The van der Waals surface area contributed by atoms with E-state index in [1.54, 1.807) is 11.1 Å². The molecule has 0 fully saturated rings. The molecule has 13 heavy (non-hydrogen) atoms. The van der Waals surface area contributed by atoms with Crippen LogP contribution < -0.4 is 0 Å². The van der Waals surface area contributed by atoms with E-state index in [-0.39, 0.29) is 0 Å². The SMILES string of the molecule is Cc1cccc2c1CC(C)[C@H](C)C2. The van der Waals surface area contributed by atoms with E-state index in [0.717, 1.165) is 11.8 Å². The number of fused-ring (bicyclic) bond motifs is 1. The van der Waals surface area contributed by atoms with Crippen LogP contribution in [-0.2, 0) is 12.8 Å². The van der Waals surface area contributed by atoms with Crippen molar-refractivity contribution in [3.8, 4) is 0 Å². The molecule has 0 amide bonds. The predicted octanol–water partition coefficient (Wildman–Crippen LogP) is 3.37. The van der Waals surface area contributed by atoms with Crippen molar-refractivity contribution in [1.82, 2.24) is 0 Å². The first kappa shape index (κ1) is 8.80. The molecule has 1 aliphatic carbocycles. The summed E-state index contributed by atoms with van der Waals surface area (Å²) in [6.07, 6.45) is 2.56. The molecule has 1 aromatic carbocycles. The van der Waals surface area contributed by atoms with Gasteiger partial charge in [0.25, 0.3) is 0 Å². The third-order valence-corrected chi connectivity index (χ3v) is 3.55. The third-order valence-electron chi connectivity index (χ3n) is 3.55. The number of aryl methyl sites for hydroxylation is 1. The highest BCUT2D eigenvalue weighted by Crippen LogP contribution is 2.31. The lowest BCUT2D eigenvalue weighted by molar-refractivity contribution is 0.360. The van der Waals surface area contributed by atoms with Crippen LogP contribution in [0.25, 0.3) is 0 Å². The van der Waals surface area contributed by atoms with E-state index >= 15 is 0 Å². The normalized spacial score (nSPS) is 27.0. The van der Waals surface area contributed by atoms with Crippen LogP contribution in [0.2, 0.25) is 0 Å². The summed E-state index contributed by atoms with van der Waals surface area (Å²) >= 11 is 0. The van der Waals surface area contributed by atoms with E-state index < -0.39 is 0 Å². The van der Waals surface area contributed by atoms with Gasteiger partial charge in [-0.3, -0.25) is 0 Å². The predicted molar refractivity (Wildman–Crippen MR) is 56.9 cm³/mol. The minimum atomic E-state index is 0.855. The quantitative estimate of drug-likeness (QED) is 0.565. The maximum absolute atomic E-state index is 2.38. The molecule has 0 saturated carbocycles. The van der Waals surface area contributed by atoms with Crippen LogP contribution in [0.1, 0.15) is 30.5 Å². The Balaban J connectivity index is 2.42. The van der Waals surface area contributed by atoms with Gasteiger partial charge in [-0.1, -0.05) is 32.0 Å². The first-order chi connectivity index (χ1) is 6.18. The molecule has 0 aromatic heterocycles. The molecule has 2 rings (SSSR count). The summed E-state index contributed by atoms with van der Waals surface area (Å²) in [7, 11) is 0. The molecular weight excluding hydrogens is 156 g/mol. The van der Waals surface area contributed by atoms with Gasteiger partial charge in [0, 0.05) is 0 Å². The van der Waals surface area contributed by atoms with Gasteiger partial charge in [0.05, 0.1) is 0 Å². The molecule has 0 spiro atoms. The Hall–Kier alpha value is -0.780. The van der Waals surface area contributed by atoms with Gasteiger partial charge >= 0.3 is 0 Å². The van der Waals surface area contributed by atoms with E-state index in [0.29, 0.717) is 0 Å². The fraction of sp³-hybridized carbons (Fsp3) is 0.538. The molecule has 0 heterocycles. The molecule has 0 heteroatoms. The molecule has 70 valence electrons. The van der Waals surface area contributed by atoms with E-state index in [4.69, 9.17) is 0 Å². The second-order valence-electron chi connectivity index (χ2n) is 4.58. The van der Waals surface area contributed by atoms with Crippen LogP contribution >= 0.6 is 0 Å². The van der Waals surface area contributed by atoms with Crippen molar-refractivity contribution < 1.29 is 0 Å². The second-order valence-corrected chi connectivity index (χ2v) is 4.58. The summed E-state index contributed by atoms with van der Waals surface area (Å²) in [5, 5.41) is 0. The van der Waals surface area contributed by atoms with E-state index in [2.05, 4.69) is 39.0 Å². The van der Waals surface area contributed by atoms with Crippen molar-refractivity contribution >= 4 is 0 Å². The maximum Gasteiger partial charge on any atom is -0.0245 e. The second kappa shape index (κ2) is 3.17. The molecule has 0 aliphatic heterocycles. The lowest BCUT2D eigenvalue weighted by Gasteiger charge is -2.29. The summed E-state index contributed by atoms with van der Waals surface area (Å²) in [6, 6.07) is 6.73. The Morgan fingerprint density at radius 2 is 1.77 bits per heavy atom. The topological polar surface area (TPSA) is 0 Å². The Kier molecular flexibility index (Phi) is 2.15. The smallest absolute Gasteiger partial charge is 0.0245 e. The van der Waals surface area contributed by atoms with Crippen LogP contribution in [0.15, 0.2) is 18.2 Å². The zero-order valence-electron chi connectivity index (χ0n) is 8.80. The number of hydrogen-bond donors (Lipinski definition) is 0. The van der Waals surface area contributed by atoms with Crippen molar-refractivity contribution in [1.29, 1.82) is 0 Å². The average molecular weight is 174 g/mol. The van der Waals surface area contributed by atoms with Gasteiger partial charge in [0.1, 0.15) is 0 Å². The molecule has 0 saturated heterocycles. The molecule has 1 aromatic rings. The highest BCUT2D eigenvalue weighted by molar-refractivity contribution is 5.36. The van der Waals surface area contributed by atoms with Gasteiger partial charge in [-0.25, -0.2) is 0 Å². The van der Waals surface area contributed by atoms with E-state index in [9.17, 15) is 0 Å². The van der Waals surface area contributed by atoms with Crippen molar-refractivity contribution in [3.05, 3.63) is 34.9 Å². The van der Waals surface area contributed by atoms with Crippen LogP contribution in [0.5, 0.6) is 0 Å². The molecular formula is C13H18.